The third kappa shape index (κ3) is 6.66. The molecule has 10 nitrogen and oxygen atoms in total. The van der Waals surface area contributed by atoms with Crippen molar-refractivity contribution in [3.8, 4) is 10.4 Å². The summed E-state index contributed by atoms with van der Waals surface area (Å²) in [6.07, 6.45) is -0.776. The number of carbonyl (C=O) groups excluding carboxylic acids is 3. The number of nitrogens with zero attached hydrogens (tertiary/aromatic N) is 3. The van der Waals surface area contributed by atoms with E-state index in [-0.39, 0.29) is 30.8 Å². The average molecular weight is 669 g/mol. The van der Waals surface area contributed by atoms with Crippen LogP contribution in [0.2, 0.25) is 0 Å². The quantitative estimate of drug-likeness (QED) is 0.252. The lowest BCUT2D eigenvalue weighted by molar-refractivity contribution is -0.142. The molecule has 0 spiro atoms. The van der Waals surface area contributed by atoms with Gasteiger partial charge in [0.1, 0.15) is 17.6 Å². The molecule has 2 aromatic carbocycles. The molecule has 226 valence electrons. The van der Waals surface area contributed by atoms with Gasteiger partial charge in [-0.2, -0.15) is 0 Å². The van der Waals surface area contributed by atoms with Crippen molar-refractivity contribution in [3.63, 3.8) is 0 Å². The molecule has 12 heteroatoms. The number of rotatable bonds is 7. The number of carbonyl (C=O) groups is 3. The summed E-state index contributed by atoms with van der Waals surface area (Å²) in [4.78, 5) is 51.7. The first-order valence-corrected chi connectivity index (χ1v) is 15.7. The Balaban J connectivity index is 1.30. The SMILES string of the molecule is Cc1ncsc1-c1ccc([C@H](C)NC(=O)[C@@H]2C[C@@H](O)CN2C(=O)[C@@H](NC(=O)c2nc3cc(Br)ccc3o2)C(C)(C)C)cc1. The zero-order valence-corrected chi connectivity index (χ0v) is 27.0. The zero-order valence-electron chi connectivity index (χ0n) is 24.6. The summed E-state index contributed by atoms with van der Waals surface area (Å²) in [5.74, 6) is -1.65. The lowest BCUT2D eigenvalue weighted by Gasteiger charge is -2.35. The fourth-order valence-electron chi connectivity index (χ4n) is 5.21. The molecule has 0 aliphatic carbocycles. The third-order valence-electron chi connectivity index (χ3n) is 7.57. The van der Waals surface area contributed by atoms with Crippen molar-refractivity contribution >= 4 is 56.1 Å². The monoisotopic (exact) mass is 667 g/mol. The number of halogens is 1. The standard InChI is InChI=1S/C31H34BrN5O5S/c1-16(18-6-8-19(9-7-18)25-17(2)33-15-43-25)34-27(39)23-13-21(38)14-37(23)30(41)26(31(3,4)5)36-28(40)29-35-22-12-20(32)10-11-24(22)42-29/h6-12,15-16,21,23,26,38H,13-14H2,1-5H3,(H,34,39)(H,36,40)/t16-,21+,23-,26+/m0/s1. The van der Waals surface area contributed by atoms with E-state index in [1.165, 1.54) is 4.90 Å². The number of aliphatic hydroxyl groups excluding tert-OH is 1. The number of β-amino-alcohol motifs (C(OH)–C–C–N with tert-alkyl or cyclic N) is 1. The Bertz CT molecular complexity index is 1660. The zero-order chi connectivity index (χ0) is 31.1. The van der Waals surface area contributed by atoms with E-state index < -0.39 is 35.4 Å². The molecular weight excluding hydrogens is 634 g/mol. The van der Waals surface area contributed by atoms with Crippen LogP contribution in [0.15, 0.2) is 56.9 Å². The molecule has 4 atom stereocenters. The van der Waals surface area contributed by atoms with Crippen LogP contribution in [0.3, 0.4) is 0 Å². The number of aryl methyl sites for hydroxylation is 1. The topological polar surface area (TPSA) is 138 Å². The highest BCUT2D eigenvalue weighted by atomic mass is 79.9. The smallest absolute Gasteiger partial charge is 0.307 e. The molecule has 0 radical (unpaired) electrons. The van der Waals surface area contributed by atoms with Gasteiger partial charge in [0.2, 0.25) is 11.8 Å². The number of aliphatic hydroxyl groups is 1. The molecule has 1 saturated heterocycles. The Morgan fingerprint density at radius 2 is 1.86 bits per heavy atom. The second kappa shape index (κ2) is 12.2. The molecule has 4 aromatic rings. The Labute approximate surface area is 262 Å². The highest BCUT2D eigenvalue weighted by molar-refractivity contribution is 9.10. The second-order valence-corrected chi connectivity index (χ2v) is 13.7. The van der Waals surface area contributed by atoms with Gasteiger partial charge >= 0.3 is 5.91 Å². The van der Waals surface area contributed by atoms with Gasteiger partial charge in [0.05, 0.1) is 28.2 Å². The number of amides is 3. The summed E-state index contributed by atoms with van der Waals surface area (Å²) >= 11 is 4.95. The minimum atomic E-state index is -1.01. The van der Waals surface area contributed by atoms with Crippen LogP contribution in [0.5, 0.6) is 0 Å². The molecule has 0 unspecified atom stereocenters. The minimum absolute atomic E-state index is 0.0203. The van der Waals surface area contributed by atoms with E-state index in [0.717, 1.165) is 26.2 Å². The minimum Gasteiger partial charge on any atom is -0.432 e. The van der Waals surface area contributed by atoms with Gasteiger partial charge in [0, 0.05) is 17.4 Å². The van der Waals surface area contributed by atoms with Crippen molar-refractivity contribution in [2.75, 3.05) is 6.54 Å². The number of hydrogen-bond acceptors (Lipinski definition) is 8. The van der Waals surface area contributed by atoms with E-state index in [0.29, 0.717) is 11.1 Å². The summed E-state index contributed by atoms with van der Waals surface area (Å²) < 4.78 is 6.41. The highest BCUT2D eigenvalue weighted by Gasteiger charge is 2.45. The van der Waals surface area contributed by atoms with Crippen LogP contribution >= 0.6 is 27.3 Å². The number of aromatic nitrogens is 2. The van der Waals surface area contributed by atoms with Gasteiger partial charge in [-0.05, 0) is 48.6 Å². The van der Waals surface area contributed by atoms with Crippen LogP contribution in [-0.4, -0.2) is 62.4 Å². The molecule has 1 aliphatic rings. The van der Waals surface area contributed by atoms with Crippen LogP contribution in [0.4, 0.5) is 0 Å². The number of benzene rings is 2. The summed E-state index contributed by atoms with van der Waals surface area (Å²) in [7, 11) is 0. The summed E-state index contributed by atoms with van der Waals surface area (Å²) in [6.45, 7) is 9.28. The lowest BCUT2D eigenvalue weighted by Crippen LogP contribution is -2.57. The second-order valence-electron chi connectivity index (χ2n) is 11.9. The van der Waals surface area contributed by atoms with Gasteiger partial charge in [-0.3, -0.25) is 14.4 Å². The van der Waals surface area contributed by atoms with Gasteiger partial charge in [0.15, 0.2) is 5.58 Å². The number of thiazole rings is 1. The normalized spacial score (nSPS) is 18.4. The average Bonchev–Trinajstić information content (AvgIpc) is 3.68. The number of fused-ring (bicyclic) bond motifs is 1. The number of nitrogens with one attached hydrogen (secondary N) is 2. The van der Waals surface area contributed by atoms with Crippen LogP contribution < -0.4 is 10.6 Å². The van der Waals surface area contributed by atoms with Gasteiger partial charge in [-0.1, -0.05) is 61.0 Å². The first kappa shape index (κ1) is 30.8. The Morgan fingerprint density at radius 3 is 2.51 bits per heavy atom. The fraction of sp³-hybridized carbons (Fsp3) is 0.387. The van der Waals surface area contributed by atoms with Gasteiger partial charge in [0.25, 0.3) is 5.89 Å². The Morgan fingerprint density at radius 1 is 1.14 bits per heavy atom. The van der Waals surface area contributed by atoms with Crippen LogP contribution in [0.1, 0.15) is 62.1 Å². The molecule has 3 N–H and O–H groups in total. The maximum atomic E-state index is 13.9. The molecule has 0 bridgehead atoms. The van der Waals surface area contributed by atoms with Crippen LogP contribution in [-0.2, 0) is 9.59 Å². The van der Waals surface area contributed by atoms with E-state index in [1.54, 1.807) is 29.5 Å². The Kier molecular flexibility index (Phi) is 8.73. The number of hydrogen-bond donors (Lipinski definition) is 3. The van der Waals surface area contributed by atoms with Crippen molar-refractivity contribution < 1.29 is 23.9 Å². The molecule has 1 fully saturated rings. The van der Waals surface area contributed by atoms with Crippen LogP contribution in [0.25, 0.3) is 21.5 Å². The summed E-state index contributed by atoms with van der Waals surface area (Å²) in [5, 5.41) is 16.3. The van der Waals surface area contributed by atoms with Crippen molar-refractivity contribution in [2.24, 2.45) is 5.41 Å². The van der Waals surface area contributed by atoms with Crippen molar-refractivity contribution in [3.05, 3.63) is 69.6 Å². The molecule has 2 aromatic heterocycles. The van der Waals surface area contributed by atoms with E-state index in [2.05, 4.69) is 36.5 Å². The van der Waals surface area contributed by atoms with E-state index in [9.17, 15) is 19.5 Å². The maximum Gasteiger partial charge on any atom is 0.307 e. The maximum absolute atomic E-state index is 13.9. The Hall–Kier alpha value is -3.61. The van der Waals surface area contributed by atoms with Crippen molar-refractivity contribution in [2.45, 2.75) is 65.3 Å². The first-order chi connectivity index (χ1) is 20.3. The van der Waals surface area contributed by atoms with Crippen LogP contribution in [0, 0.1) is 12.3 Å². The number of likely N-dealkylation sites (tertiary alicyclic amines) is 1. The molecule has 0 saturated carbocycles. The summed E-state index contributed by atoms with van der Waals surface area (Å²) in [6, 6.07) is 10.9. The van der Waals surface area contributed by atoms with E-state index >= 15 is 0 Å². The summed E-state index contributed by atoms with van der Waals surface area (Å²) in [5.41, 5.74) is 4.96. The largest absolute Gasteiger partial charge is 0.432 e. The molecule has 43 heavy (non-hydrogen) atoms. The van der Waals surface area contributed by atoms with Crippen molar-refractivity contribution in [1.82, 2.24) is 25.5 Å². The molecule has 5 rings (SSSR count). The molecule has 3 heterocycles. The first-order valence-electron chi connectivity index (χ1n) is 14.0. The predicted octanol–water partition coefficient (Wildman–Crippen LogP) is 5.01. The van der Waals surface area contributed by atoms with Gasteiger partial charge in [-0.25, -0.2) is 9.97 Å². The number of oxazole rings is 1. The predicted molar refractivity (Wildman–Crippen MR) is 167 cm³/mol. The van der Waals surface area contributed by atoms with E-state index in [1.807, 2.05) is 64.4 Å². The van der Waals surface area contributed by atoms with Gasteiger partial charge in [-0.15, -0.1) is 11.3 Å². The molecular formula is C31H34BrN5O5S. The third-order valence-corrected chi connectivity index (χ3v) is 9.05. The fourth-order valence-corrected chi connectivity index (χ4v) is 6.37. The lowest BCUT2D eigenvalue weighted by atomic mass is 9.85. The van der Waals surface area contributed by atoms with Crippen molar-refractivity contribution in [1.29, 1.82) is 0 Å². The van der Waals surface area contributed by atoms with Gasteiger partial charge < -0.3 is 25.1 Å². The molecule has 3 amide bonds. The van der Waals surface area contributed by atoms with E-state index in [4.69, 9.17) is 4.42 Å². The molecule has 1 aliphatic heterocycles. The highest BCUT2D eigenvalue weighted by Crippen LogP contribution is 2.30.